The largest absolute Gasteiger partial charge is 0.241 e. The van der Waals surface area contributed by atoms with Gasteiger partial charge in [-0.05, 0) is 24.8 Å². The summed E-state index contributed by atoms with van der Waals surface area (Å²) in [7, 11) is -3.10. The molecule has 0 spiro atoms. The van der Waals surface area contributed by atoms with Crippen molar-refractivity contribution in [2.45, 2.75) is 25.2 Å². The topological polar surface area (TPSA) is 59.1 Å². The van der Waals surface area contributed by atoms with Gasteiger partial charge in [0.15, 0.2) is 0 Å². The van der Waals surface area contributed by atoms with Gasteiger partial charge in [0, 0.05) is 23.4 Å². The second kappa shape index (κ2) is 5.87. The van der Waals surface area contributed by atoms with Gasteiger partial charge in [0.2, 0.25) is 10.0 Å². The monoisotopic (exact) mass is 322 g/mol. The summed E-state index contributed by atoms with van der Waals surface area (Å²) >= 11 is 1.75. The van der Waals surface area contributed by atoms with Gasteiger partial charge in [-0.15, -0.1) is 11.3 Å². The van der Waals surface area contributed by atoms with Crippen LogP contribution in [0.4, 0.5) is 0 Å². The number of rotatable bonds is 6. The molecule has 0 amide bonds. The highest BCUT2D eigenvalue weighted by molar-refractivity contribution is 7.88. The lowest BCUT2D eigenvalue weighted by Crippen LogP contribution is -2.24. The third-order valence-electron chi connectivity index (χ3n) is 3.48. The van der Waals surface area contributed by atoms with Crippen molar-refractivity contribution in [1.29, 1.82) is 0 Å². The Balaban J connectivity index is 1.62. The molecule has 0 bridgehead atoms. The molecule has 4 nitrogen and oxygen atoms in total. The smallest absolute Gasteiger partial charge is 0.208 e. The molecule has 1 aliphatic rings. The van der Waals surface area contributed by atoms with Gasteiger partial charge in [-0.3, -0.25) is 0 Å². The molecule has 0 radical (unpaired) electrons. The Hall–Kier alpha value is -1.24. The number of sulfonamides is 1. The molecule has 0 saturated heterocycles. The molecule has 0 aliphatic heterocycles. The first-order valence-corrected chi connectivity index (χ1v) is 9.78. The van der Waals surface area contributed by atoms with Crippen molar-refractivity contribution in [1.82, 2.24) is 9.71 Å². The molecule has 0 unspecified atom stereocenters. The van der Waals surface area contributed by atoms with E-state index in [1.54, 1.807) is 11.3 Å². The second-order valence-corrected chi connectivity index (χ2v) is 8.18. The van der Waals surface area contributed by atoms with Gasteiger partial charge in [-0.2, -0.15) is 0 Å². The molecule has 1 fully saturated rings. The van der Waals surface area contributed by atoms with Gasteiger partial charge in [-0.1, -0.05) is 24.3 Å². The molecule has 1 N–H and O–H groups in total. The fraction of sp³-hybridized carbons (Fsp3) is 0.400. The number of hydrogen-bond donors (Lipinski definition) is 1. The van der Waals surface area contributed by atoms with Crippen molar-refractivity contribution in [2.24, 2.45) is 0 Å². The number of nitrogens with one attached hydrogen (secondary N) is 1. The number of nitrogens with zero attached hydrogens (tertiary/aromatic N) is 1. The molecular weight excluding hydrogens is 304 g/mol. The maximum absolute atomic E-state index is 11.0. The van der Waals surface area contributed by atoms with E-state index in [2.05, 4.69) is 22.2 Å². The average molecular weight is 322 g/mol. The number of thiazole rings is 1. The fourth-order valence-corrected chi connectivity index (χ4v) is 3.63. The molecule has 2 aromatic rings. The molecule has 112 valence electrons. The maximum Gasteiger partial charge on any atom is 0.208 e. The van der Waals surface area contributed by atoms with Crippen LogP contribution in [-0.2, 0) is 16.4 Å². The van der Waals surface area contributed by atoms with Crippen molar-refractivity contribution in [3.63, 3.8) is 0 Å². The van der Waals surface area contributed by atoms with Gasteiger partial charge in [0.25, 0.3) is 0 Å². The van der Waals surface area contributed by atoms with Crippen LogP contribution in [0.2, 0.25) is 0 Å². The van der Waals surface area contributed by atoms with E-state index in [-0.39, 0.29) is 0 Å². The zero-order valence-electron chi connectivity index (χ0n) is 11.9. The Morgan fingerprint density at radius 3 is 2.62 bits per heavy atom. The van der Waals surface area contributed by atoms with Crippen LogP contribution in [0.25, 0.3) is 11.3 Å². The van der Waals surface area contributed by atoms with Crippen LogP contribution in [-0.4, -0.2) is 26.2 Å². The van der Waals surface area contributed by atoms with Crippen molar-refractivity contribution < 1.29 is 8.42 Å². The first-order valence-electron chi connectivity index (χ1n) is 7.01. The highest BCUT2D eigenvalue weighted by atomic mass is 32.2. The summed E-state index contributed by atoms with van der Waals surface area (Å²) in [5.41, 5.74) is 3.29. The van der Waals surface area contributed by atoms with E-state index in [1.165, 1.54) is 24.1 Å². The quantitative estimate of drug-likeness (QED) is 0.889. The Bertz CT molecular complexity index is 716. The maximum atomic E-state index is 11.0. The first-order chi connectivity index (χ1) is 10.0. The molecule has 1 heterocycles. The van der Waals surface area contributed by atoms with Crippen molar-refractivity contribution in [2.75, 3.05) is 12.8 Å². The SMILES string of the molecule is CS(=O)(=O)NCCc1ccc(-c2csc(C3CC3)n2)cc1. The Labute approximate surface area is 129 Å². The molecule has 0 atom stereocenters. The van der Waals surface area contributed by atoms with Gasteiger partial charge in [0.1, 0.15) is 0 Å². The summed E-state index contributed by atoms with van der Waals surface area (Å²) in [6.45, 7) is 0.431. The van der Waals surface area contributed by atoms with E-state index in [1.807, 2.05) is 12.1 Å². The highest BCUT2D eigenvalue weighted by Gasteiger charge is 2.26. The minimum Gasteiger partial charge on any atom is -0.241 e. The van der Waals surface area contributed by atoms with E-state index in [4.69, 9.17) is 4.98 Å². The zero-order chi connectivity index (χ0) is 14.9. The lowest BCUT2D eigenvalue weighted by Gasteiger charge is -2.04. The lowest BCUT2D eigenvalue weighted by molar-refractivity contribution is 0.588. The third kappa shape index (κ3) is 4.12. The summed E-state index contributed by atoms with van der Waals surface area (Å²) < 4.78 is 24.5. The van der Waals surface area contributed by atoms with Gasteiger partial charge < -0.3 is 0 Å². The summed E-state index contributed by atoms with van der Waals surface area (Å²) in [5.74, 6) is 0.699. The summed E-state index contributed by atoms with van der Waals surface area (Å²) in [6.07, 6.45) is 4.42. The van der Waals surface area contributed by atoms with Crippen LogP contribution in [0.1, 0.15) is 29.3 Å². The Morgan fingerprint density at radius 1 is 1.29 bits per heavy atom. The molecule has 1 aromatic heterocycles. The van der Waals surface area contributed by atoms with Crippen LogP contribution < -0.4 is 4.72 Å². The van der Waals surface area contributed by atoms with Crippen molar-refractivity contribution in [3.05, 3.63) is 40.2 Å². The predicted molar refractivity (Wildman–Crippen MR) is 86.1 cm³/mol. The summed E-state index contributed by atoms with van der Waals surface area (Å²) in [6, 6.07) is 8.19. The number of aromatic nitrogens is 1. The first kappa shape index (κ1) is 14.7. The van der Waals surface area contributed by atoms with E-state index in [0.29, 0.717) is 18.9 Å². The van der Waals surface area contributed by atoms with E-state index < -0.39 is 10.0 Å². The van der Waals surface area contributed by atoms with E-state index in [9.17, 15) is 8.42 Å². The molecule has 21 heavy (non-hydrogen) atoms. The van der Waals surface area contributed by atoms with Crippen LogP contribution in [0.15, 0.2) is 29.6 Å². The van der Waals surface area contributed by atoms with Gasteiger partial charge in [0.05, 0.1) is 17.0 Å². The Morgan fingerprint density at radius 2 is 2.00 bits per heavy atom. The van der Waals surface area contributed by atoms with Crippen LogP contribution in [0.3, 0.4) is 0 Å². The molecule has 6 heteroatoms. The summed E-state index contributed by atoms with van der Waals surface area (Å²) in [4.78, 5) is 4.69. The highest BCUT2D eigenvalue weighted by Crippen LogP contribution is 2.42. The van der Waals surface area contributed by atoms with Gasteiger partial charge in [-0.25, -0.2) is 18.1 Å². The third-order valence-corrected chi connectivity index (χ3v) is 5.21. The molecular formula is C15H18N2O2S2. The summed E-state index contributed by atoms with van der Waals surface area (Å²) in [5, 5.41) is 3.37. The van der Waals surface area contributed by atoms with E-state index in [0.717, 1.165) is 16.8 Å². The van der Waals surface area contributed by atoms with E-state index >= 15 is 0 Å². The van der Waals surface area contributed by atoms with Gasteiger partial charge >= 0.3 is 0 Å². The average Bonchev–Trinajstić information content (AvgIpc) is 3.16. The standard InChI is InChI=1S/C15H18N2O2S2/c1-21(18,19)16-9-8-11-2-4-12(5-3-11)14-10-20-15(17-14)13-6-7-13/h2-5,10,13,16H,6-9H2,1H3. The molecule has 1 aliphatic carbocycles. The molecule has 3 rings (SSSR count). The fourth-order valence-electron chi connectivity index (χ4n) is 2.16. The van der Waals surface area contributed by atoms with Crippen LogP contribution in [0.5, 0.6) is 0 Å². The van der Waals surface area contributed by atoms with Crippen molar-refractivity contribution in [3.8, 4) is 11.3 Å². The van der Waals surface area contributed by atoms with Crippen LogP contribution >= 0.6 is 11.3 Å². The lowest BCUT2D eigenvalue weighted by atomic mass is 10.1. The normalized spacial score (nSPS) is 15.3. The zero-order valence-corrected chi connectivity index (χ0v) is 13.5. The van der Waals surface area contributed by atoms with Crippen molar-refractivity contribution >= 4 is 21.4 Å². The number of hydrogen-bond acceptors (Lipinski definition) is 4. The molecule has 1 saturated carbocycles. The van der Waals surface area contributed by atoms with Crippen LogP contribution in [0, 0.1) is 0 Å². The Kier molecular flexibility index (Phi) is 4.10. The minimum atomic E-state index is -3.10. The minimum absolute atomic E-state index is 0.431. The number of benzene rings is 1. The predicted octanol–water partition coefficient (Wildman–Crippen LogP) is 2.78. The molecule has 1 aromatic carbocycles. The second-order valence-electron chi connectivity index (χ2n) is 5.46.